The Hall–Kier alpha value is -2.52. The van der Waals surface area contributed by atoms with Crippen molar-refractivity contribution in [1.29, 1.82) is 0 Å². The number of carbonyl (C=O) groups is 2. The molecule has 0 fully saturated rings. The molecule has 1 unspecified atom stereocenters. The lowest BCUT2D eigenvalue weighted by molar-refractivity contribution is -0.453. The van der Waals surface area contributed by atoms with Gasteiger partial charge >= 0.3 is 12.1 Å². The van der Waals surface area contributed by atoms with E-state index in [1.54, 1.807) is 13.0 Å². The van der Waals surface area contributed by atoms with Gasteiger partial charge in [0, 0.05) is 7.11 Å². The van der Waals surface area contributed by atoms with Crippen LogP contribution in [0.15, 0.2) is 18.2 Å². The molecule has 23 heavy (non-hydrogen) atoms. The predicted octanol–water partition coefficient (Wildman–Crippen LogP) is 1.90. The Balaban J connectivity index is 2.52. The summed E-state index contributed by atoms with van der Waals surface area (Å²) < 4.78 is 19.5. The highest BCUT2D eigenvalue weighted by Gasteiger charge is 2.18. The summed E-state index contributed by atoms with van der Waals surface area (Å²) in [6.45, 7) is 1.76. The molecule has 0 aliphatic heterocycles. The first-order valence-electron chi connectivity index (χ1n) is 6.48. The lowest BCUT2D eigenvalue weighted by Gasteiger charge is -2.11. The Labute approximate surface area is 132 Å². The molecule has 128 valence electrons. The normalized spacial score (nSPS) is 11.3. The maximum Gasteiger partial charge on any atom is 0.543 e. The van der Waals surface area contributed by atoms with Crippen LogP contribution in [0.4, 0.5) is 4.79 Å². The average Bonchev–Trinajstić information content (AvgIpc) is 2.54. The molecule has 1 atom stereocenters. The third-order valence-electron chi connectivity index (χ3n) is 2.54. The SMILES string of the molecule is COCC(C)OC(=O)OOOC(=O)c1cc(OC)ccc1OC. The van der Waals surface area contributed by atoms with Crippen LogP contribution in [0.3, 0.4) is 0 Å². The van der Waals surface area contributed by atoms with Gasteiger partial charge in [-0.15, -0.1) is 0 Å². The molecule has 0 bridgehead atoms. The average molecular weight is 330 g/mol. The minimum Gasteiger partial charge on any atom is -0.497 e. The fourth-order valence-corrected chi connectivity index (χ4v) is 1.55. The van der Waals surface area contributed by atoms with E-state index in [0.29, 0.717) is 5.75 Å². The second-order valence-corrected chi connectivity index (χ2v) is 4.22. The van der Waals surface area contributed by atoms with Gasteiger partial charge in [0.2, 0.25) is 0 Å². The number of benzene rings is 1. The van der Waals surface area contributed by atoms with Crippen LogP contribution in [-0.2, 0) is 24.3 Å². The topological polar surface area (TPSA) is 98.8 Å². The van der Waals surface area contributed by atoms with Gasteiger partial charge in [-0.25, -0.2) is 14.5 Å². The summed E-state index contributed by atoms with van der Waals surface area (Å²) >= 11 is 0. The van der Waals surface area contributed by atoms with E-state index in [4.69, 9.17) is 18.9 Å². The van der Waals surface area contributed by atoms with Crippen LogP contribution in [0.25, 0.3) is 0 Å². The summed E-state index contributed by atoms with van der Waals surface area (Å²) in [5.74, 6) is -0.305. The van der Waals surface area contributed by atoms with E-state index in [1.165, 1.54) is 33.5 Å². The monoisotopic (exact) mass is 330 g/mol. The minimum atomic E-state index is -1.18. The van der Waals surface area contributed by atoms with Crippen LogP contribution in [0.5, 0.6) is 11.5 Å². The van der Waals surface area contributed by atoms with Crippen LogP contribution in [-0.4, -0.2) is 46.2 Å². The fourth-order valence-electron chi connectivity index (χ4n) is 1.55. The van der Waals surface area contributed by atoms with Crippen molar-refractivity contribution in [2.24, 2.45) is 0 Å². The van der Waals surface area contributed by atoms with Gasteiger partial charge in [-0.05, 0) is 25.1 Å². The summed E-state index contributed by atoms with van der Waals surface area (Å²) in [5, 5.41) is 4.10. The standard InChI is InChI=1S/C14H18O9/c1-9(8-17-2)20-14(16)22-23-21-13(15)11-7-10(18-3)5-6-12(11)19-4/h5-7,9H,8H2,1-4H3. The Morgan fingerprint density at radius 1 is 1.09 bits per heavy atom. The number of ether oxygens (including phenoxy) is 4. The summed E-state index contributed by atoms with van der Waals surface area (Å²) in [6, 6.07) is 4.49. The van der Waals surface area contributed by atoms with E-state index in [-0.39, 0.29) is 17.9 Å². The van der Waals surface area contributed by atoms with Gasteiger partial charge < -0.3 is 18.9 Å². The molecule has 0 amide bonds. The molecule has 0 radical (unpaired) electrons. The van der Waals surface area contributed by atoms with Crippen LogP contribution in [0.2, 0.25) is 0 Å². The molecule has 1 rings (SSSR count). The maximum atomic E-state index is 11.9. The van der Waals surface area contributed by atoms with Crippen LogP contribution >= 0.6 is 0 Å². The highest BCUT2D eigenvalue weighted by Crippen LogP contribution is 2.24. The molecule has 0 aliphatic carbocycles. The van der Waals surface area contributed by atoms with Crippen molar-refractivity contribution in [1.82, 2.24) is 0 Å². The lowest BCUT2D eigenvalue weighted by atomic mass is 10.2. The van der Waals surface area contributed by atoms with Crippen molar-refractivity contribution in [2.75, 3.05) is 27.9 Å². The predicted molar refractivity (Wildman–Crippen MR) is 75.0 cm³/mol. The van der Waals surface area contributed by atoms with Crippen molar-refractivity contribution in [2.45, 2.75) is 13.0 Å². The summed E-state index contributed by atoms with van der Waals surface area (Å²) in [4.78, 5) is 31.6. The van der Waals surface area contributed by atoms with E-state index in [2.05, 4.69) is 14.8 Å². The van der Waals surface area contributed by atoms with Gasteiger partial charge in [-0.3, -0.25) is 4.89 Å². The van der Waals surface area contributed by atoms with Crippen molar-refractivity contribution in [3.8, 4) is 11.5 Å². The number of hydrogen-bond acceptors (Lipinski definition) is 9. The number of carbonyl (C=O) groups excluding carboxylic acids is 2. The third kappa shape index (κ3) is 6.01. The van der Waals surface area contributed by atoms with Gasteiger partial charge in [-0.1, -0.05) is 0 Å². The first-order chi connectivity index (χ1) is 11.0. The third-order valence-corrected chi connectivity index (χ3v) is 2.54. The second kappa shape index (κ2) is 9.49. The van der Waals surface area contributed by atoms with E-state index in [0.717, 1.165) is 0 Å². The van der Waals surface area contributed by atoms with Crippen molar-refractivity contribution in [3.05, 3.63) is 23.8 Å². The van der Waals surface area contributed by atoms with Crippen LogP contribution in [0.1, 0.15) is 17.3 Å². The quantitative estimate of drug-likeness (QED) is 0.402. The van der Waals surface area contributed by atoms with Crippen molar-refractivity contribution >= 4 is 12.1 Å². The Kier molecular flexibility index (Phi) is 7.64. The summed E-state index contributed by atoms with van der Waals surface area (Å²) in [5.41, 5.74) is 0.0246. The molecule has 0 N–H and O–H groups in total. The molecular formula is C14H18O9. The van der Waals surface area contributed by atoms with Gasteiger partial charge in [0.15, 0.2) is 0 Å². The molecule has 0 saturated carbocycles. The van der Waals surface area contributed by atoms with Gasteiger partial charge in [-0.2, -0.15) is 0 Å². The molecule has 1 aromatic carbocycles. The van der Waals surface area contributed by atoms with Crippen molar-refractivity contribution < 1.29 is 43.3 Å². The van der Waals surface area contributed by atoms with Gasteiger partial charge in [0.05, 0.1) is 25.9 Å². The van der Waals surface area contributed by atoms with Crippen molar-refractivity contribution in [3.63, 3.8) is 0 Å². The molecule has 0 saturated heterocycles. The zero-order valence-electron chi connectivity index (χ0n) is 13.2. The van der Waals surface area contributed by atoms with Crippen LogP contribution in [0, 0.1) is 0 Å². The van der Waals surface area contributed by atoms with E-state index in [9.17, 15) is 9.59 Å². The number of methoxy groups -OCH3 is 3. The molecule has 0 spiro atoms. The molecule has 9 heteroatoms. The second-order valence-electron chi connectivity index (χ2n) is 4.22. The zero-order chi connectivity index (χ0) is 17.2. The molecular weight excluding hydrogens is 312 g/mol. The Morgan fingerprint density at radius 2 is 1.83 bits per heavy atom. The first kappa shape index (κ1) is 18.5. The Morgan fingerprint density at radius 3 is 2.43 bits per heavy atom. The minimum absolute atomic E-state index is 0.0246. The number of hydrogen-bond donors (Lipinski definition) is 0. The fraction of sp³-hybridized carbons (Fsp3) is 0.429. The van der Waals surface area contributed by atoms with Gasteiger partial charge in [0.25, 0.3) is 0 Å². The van der Waals surface area contributed by atoms with Gasteiger partial charge in [0.1, 0.15) is 23.2 Å². The molecule has 0 aliphatic rings. The lowest BCUT2D eigenvalue weighted by Crippen LogP contribution is -2.21. The molecule has 9 nitrogen and oxygen atoms in total. The maximum absolute atomic E-state index is 11.9. The van der Waals surface area contributed by atoms with E-state index in [1.807, 2.05) is 0 Å². The Bertz CT molecular complexity index is 529. The zero-order valence-corrected chi connectivity index (χ0v) is 13.2. The van der Waals surface area contributed by atoms with E-state index >= 15 is 0 Å². The number of rotatable bonds is 8. The highest BCUT2D eigenvalue weighted by molar-refractivity contribution is 5.92. The molecule has 0 heterocycles. The first-order valence-corrected chi connectivity index (χ1v) is 6.48. The van der Waals surface area contributed by atoms with Crippen LogP contribution < -0.4 is 9.47 Å². The smallest absolute Gasteiger partial charge is 0.497 e. The molecule has 0 aromatic heterocycles. The molecule has 1 aromatic rings. The summed E-state index contributed by atoms with van der Waals surface area (Å²) in [7, 11) is 4.27. The largest absolute Gasteiger partial charge is 0.543 e. The van der Waals surface area contributed by atoms with E-state index < -0.39 is 18.2 Å². The highest BCUT2D eigenvalue weighted by atomic mass is 17.5. The summed E-state index contributed by atoms with van der Waals surface area (Å²) in [6.07, 6.45) is -1.73.